The Bertz CT molecular complexity index is 1010. The Hall–Kier alpha value is -2.26. The molecule has 0 aliphatic carbocycles. The lowest BCUT2D eigenvalue weighted by atomic mass is 9.86. The van der Waals surface area contributed by atoms with Crippen molar-refractivity contribution >= 4 is 22.6 Å². The van der Waals surface area contributed by atoms with E-state index in [1.54, 1.807) is 12.1 Å². The molecule has 0 N–H and O–H groups in total. The summed E-state index contributed by atoms with van der Waals surface area (Å²) in [6.07, 6.45) is 0. The van der Waals surface area contributed by atoms with E-state index < -0.39 is 0 Å². The molecule has 0 saturated heterocycles. The molecule has 26 heavy (non-hydrogen) atoms. The van der Waals surface area contributed by atoms with Crippen LogP contribution >= 0.6 is 11.6 Å². The van der Waals surface area contributed by atoms with E-state index in [1.165, 1.54) is 5.56 Å². The lowest BCUT2D eigenvalue weighted by Crippen LogP contribution is -2.11. The lowest BCUT2D eigenvalue weighted by Gasteiger charge is -2.19. The average Bonchev–Trinajstić information content (AvgIpc) is 2.58. The van der Waals surface area contributed by atoms with E-state index in [0.29, 0.717) is 28.4 Å². The van der Waals surface area contributed by atoms with Crippen molar-refractivity contribution in [2.45, 2.75) is 40.0 Å². The highest BCUT2D eigenvalue weighted by molar-refractivity contribution is 6.32. The van der Waals surface area contributed by atoms with E-state index in [2.05, 4.69) is 32.9 Å². The zero-order chi connectivity index (χ0) is 19.1. The highest BCUT2D eigenvalue weighted by Crippen LogP contribution is 2.34. The Morgan fingerprint density at radius 2 is 1.77 bits per heavy atom. The first-order chi connectivity index (χ1) is 12.2. The molecular weight excluding hydrogens is 348 g/mol. The summed E-state index contributed by atoms with van der Waals surface area (Å²) in [4.78, 5) is 13.0. The van der Waals surface area contributed by atoms with Gasteiger partial charge in [-0.1, -0.05) is 56.6 Å². The van der Waals surface area contributed by atoms with Crippen LogP contribution in [0.4, 0.5) is 0 Å². The van der Waals surface area contributed by atoms with Crippen LogP contribution in [0.5, 0.6) is 5.75 Å². The van der Waals surface area contributed by atoms with E-state index in [1.807, 2.05) is 26.0 Å². The summed E-state index contributed by atoms with van der Waals surface area (Å²) in [6, 6.07) is 11.5. The lowest BCUT2D eigenvalue weighted by molar-refractivity contribution is 0.330. The molecule has 2 aromatic carbocycles. The molecule has 1 aromatic heterocycles. The molecule has 0 bridgehead atoms. The van der Waals surface area contributed by atoms with Gasteiger partial charge in [-0.25, -0.2) is 0 Å². The molecule has 136 valence electrons. The van der Waals surface area contributed by atoms with Crippen LogP contribution in [0.25, 0.3) is 22.3 Å². The van der Waals surface area contributed by atoms with Crippen LogP contribution in [0.3, 0.4) is 0 Å². The summed E-state index contributed by atoms with van der Waals surface area (Å²) in [5, 5.41) is 0.966. The quantitative estimate of drug-likeness (QED) is 0.557. The van der Waals surface area contributed by atoms with Gasteiger partial charge in [0.05, 0.1) is 12.0 Å². The number of rotatable bonds is 3. The van der Waals surface area contributed by atoms with Gasteiger partial charge >= 0.3 is 0 Å². The van der Waals surface area contributed by atoms with Crippen molar-refractivity contribution in [3.05, 3.63) is 62.8 Å². The van der Waals surface area contributed by atoms with Crippen molar-refractivity contribution in [2.75, 3.05) is 6.61 Å². The predicted molar refractivity (Wildman–Crippen MR) is 108 cm³/mol. The summed E-state index contributed by atoms with van der Waals surface area (Å²) >= 11 is 6.18. The van der Waals surface area contributed by atoms with Gasteiger partial charge in [0.25, 0.3) is 0 Å². The second-order valence-electron chi connectivity index (χ2n) is 7.45. The molecule has 0 radical (unpaired) electrons. The van der Waals surface area contributed by atoms with Gasteiger partial charge in [0.15, 0.2) is 5.76 Å². The summed E-state index contributed by atoms with van der Waals surface area (Å²) in [5.74, 6) is 0.676. The number of benzene rings is 2. The van der Waals surface area contributed by atoms with Crippen LogP contribution in [-0.2, 0) is 5.41 Å². The van der Waals surface area contributed by atoms with Crippen molar-refractivity contribution < 1.29 is 9.15 Å². The first-order valence-electron chi connectivity index (χ1n) is 8.73. The molecule has 0 atom stereocenters. The SMILES string of the molecule is CCOc1c(-c2ccc(C(C)(C)C)cc2)oc2cc(C)c(Cl)cc2c1=O. The molecule has 3 nitrogen and oxygen atoms in total. The first-order valence-corrected chi connectivity index (χ1v) is 9.11. The van der Waals surface area contributed by atoms with Gasteiger partial charge < -0.3 is 9.15 Å². The zero-order valence-corrected chi connectivity index (χ0v) is 16.5. The molecule has 0 spiro atoms. The van der Waals surface area contributed by atoms with Crippen LogP contribution in [0.2, 0.25) is 5.02 Å². The molecule has 0 fully saturated rings. The smallest absolute Gasteiger partial charge is 0.235 e. The number of hydrogen-bond donors (Lipinski definition) is 0. The summed E-state index contributed by atoms with van der Waals surface area (Å²) in [6.45, 7) is 10.6. The maximum atomic E-state index is 13.0. The van der Waals surface area contributed by atoms with Crippen molar-refractivity contribution in [3.8, 4) is 17.1 Å². The summed E-state index contributed by atoms with van der Waals surface area (Å²) < 4.78 is 11.7. The first kappa shape index (κ1) is 18.5. The molecule has 1 heterocycles. The summed E-state index contributed by atoms with van der Waals surface area (Å²) in [7, 11) is 0. The highest BCUT2D eigenvalue weighted by atomic mass is 35.5. The molecule has 4 heteroatoms. The minimum Gasteiger partial charge on any atom is -0.487 e. The number of hydrogen-bond acceptors (Lipinski definition) is 3. The van der Waals surface area contributed by atoms with E-state index in [-0.39, 0.29) is 16.6 Å². The van der Waals surface area contributed by atoms with Gasteiger partial charge in [0.1, 0.15) is 5.58 Å². The van der Waals surface area contributed by atoms with Crippen LogP contribution in [-0.4, -0.2) is 6.61 Å². The van der Waals surface area contributed by atoms with Gasteiger partial charge in [0, 0.05) is 10.6 Å². The Kier molecular flexibility index (Phi) is 4.85. The van der Waals surface area contributed by atoms with Gasteiger partial charge in [-0.15, -0.1) is 0 Å². The molecule has 0 aliphatic heterocycles. The molecule has 3 aromatic rings. The maximum absolute atomic E-state index is 13.0. The third kappa shape index (κ3) is 3.36. The second kappa shape index (κ2) is 6.81. The topological polar surface area (TPSA) is 39.4 Å². The monoisotopic (exact) mass is 370 g/mol. The predicted octanol–water partition coefficient (Wildman–Crippen LogP) is 6.12. The minimum atomic E-state index is -0.204. The van der Waals surface area contributed by atoms with Crippen molar-refractivity contribution in [1.29, 1.82) is 0 Å². The van der Waals surface area contributed by atoms with E-state index >= 15 is 0 Å². The molecule has 0 aliphatic rings. The highest BCUT2D eigenvalue weighted by Gasteiger charge is 2.19. The number of aryl methyl sites for hydroxylation is 1. The largest absolute Gasteiger partial charge is 0.487 e. The van der Waals surface area contributed by atoms with E-state index in [9.17, 15) is 4.79 Å². The number of halogens is 1. The zero-order valence-electron chi connectivity index (χ0n) is 15.8. The molecule has 3 rings (SSSR count). The normalized spacial score (nSPS) is 11.8. The maximum Gasteiger partial charge on any atom is 0.235 e. The molecule has 0 unspecified atom stereocenters. The standard InChI is InChI=1S/C22H23ClO3/c1-6-25-21-19(24)16-12-17(23)13(2)11-18(16)26-20(21)14-7-9-15(10-8-14)22(3,4)5/h7-12H,6H2,1-5H3. The van der Waals surface area contributed by atoms with Crippen molar-refractivity contribution in [2.24, 2.45) is 0 Å². The Labute approximate surface area is 158 Å². The van der Waals surface area contributed by atoms with E-state index in [4.69, 9.17) is 20.8 Å². The second-order valence-corrected chi connectivity index (χ2v) is 7.85. The van der Waals surface area contributed by atoms with E-state index in [0.717, 1.165) is 11.1 Å². The van der Waals surface area contributed by atoms with Crippen molar-refractivity contribution in [1.82, 2.24) is 0 Å². The Morgan fingerprint density at radius 1 is 1.12 bits per heavy atom. The number of ether oxygens (including phenoxy) is 1. The summed E-state index contributed by atoms with van der Waals surface area (Å²) in [5.41, 5.74) is 3.25. The average molecular weight is 371 g/mol. The third-order valence-corrected chi connectivity index (χ3v) is 4.84. The molecule has 0 saturated carbocycles. The Morgan fingerprint density at radius 3 is 2.35 bits per heavy atom. The molecule has 0 amide bonds. The fourth-order valence-electron chi connectivity index (χ4n) is 2.89. The van der Waals surface area contributed by atoms with Gasteiger partial charge in [0.2, 0.25) is 11.2 Å². The van der Waals surface area contributed by atoms with Crippen molar-refractivity contribution in [3.63, 3.8) is 0 Å². The van der Waals surface area contributed by atoms with Gasteiger partial charge in [-0.05, 0) is 42.5 Å². The fourth-order valence-corrected chi connectivity index (χ4v) is 3.05. The van der Waals surface area contributed by atoms with Crippen LogP contribution in [0.15, 0.2) is 45.6 Å². The number of fused-ring (bicyclic) bond motifs is 1. The van der Waals surface area contributed by atoms with Crippen LogP contribution < -0.4 is 10.2 Å². The Balaban J connectivity index is 2.25. The van der Waals surface area contributed by atoms with Gasteiger partial charge in [-0.2, -0.15) is 0 Å². The van der Waals surface area contributed by atoms with Crippen LogP contribution in [0, 0.1) is 6.92 Å². The third-order valence-electron chi connectivity index (χ3n) is 4.43. The fraction of sp³-hybridized carbons (Fsp3) is 0.318. The van der Waals surface area contributed by atoms with Crippen LogP contribution in [0.1, 0.15) is 38.8 Å². The molecular formula is C22H23ClO3. The van der Waals surface area contributed by atoms with Gasteiger partial charge in [-0.3, -0.25) is 4.79 Å². The minimum absolute atomic E-state index is 0.0549.